The molecule has 6 nitrogen and oxygen atoms in total. The lowest BCUT2D eigenvalue weighted by atomic mass is 10.1. The first-order valence-corrected chi connectivity index (χ1v) is 7.09. The second kappa shape index (κ2) is 6.23. The number of H-pyrrole nitrogens is 1. The van der Waals surface area contributed by atoms with Crippen LogP contribution in [0.25, 0.3) is 10.2 Å². The van der Waals surface area contributed by atoms with Crippen molar-refractivity contribution >= 4 is 51.4 Å². The van der Waals surface area contributed by atoms with Gasteiger partial charge in [0.2, 0.25) is 5.78 Å². The van der Waals surface area contributed by atoms with Crippen LogP contribution in [0.15, 0.2) is 41.2 Å². The molecule has 0 radical (unpaired) electrons. The Kier molecular flexibility index (Phi) is 4.53. The van der Waals surface area contributed by atoms with Gasteiger partial charge in [-0.25, -0.2) is 4.79 Å². The lowest BCUT2D eigenvalue weighted by Gasteiger charge is -1.99. The molecule has 0 atom stereocenters. The van der Waals surface area contributed by atoms with Crippen LogP contribution in [0.5, 0.6) is 0 Å². The van der Waals surface area contributed by atoms with E-state index in [-0.39, 0.29) is 28.8 Å². The molecule has 0 saturated carbocycles. The number of aromatic amines is 1. The minimum absolute atomic E-state index is 0. The third-order valence-corrected chi connectivity index (χ3v) is 4.35. The topological polar surface area (TPSA) is 113 Å². The van der Waals surface area contributed by atoms with Gasteiger partial charge in [-0.1, -0.05) is 30.3 Å². The zero-order valence-electron chi connectivity index (χ0n) is 11.5. The number of aromatic nitrogens is 1. The molecule has 0 saturated heterocycles. The first-order chi connectivity index (χ1) is 10.5. The van der Waals surface area contributed by atoms with Gasteiger partial charge in [-0.3, -0.25) is 9.59 Å². The van der Waals surface area contributed by atoms with Gasteiger partial charge in [0.1, 0.15) is 15.3 Å². The largest absolute Gasteiger partial charge is 0.477 e. The number of carbonyl (C=O) groups excluding carboxylic acids is 1. The number of carboxylic acids is 1. The normalized spacial score (nSPS) is 10.3. The van der Waals surface area contributed by atoms with E-state index in [0.29, 0.717) is 15.8 Å². The summed E-state index contributed by atoms with van der Waals surface area (Å²) in [7, 11) is 0. The van der Waals surface area contributed by atoms with Gasteiger partial charge in [0.25, 0.3) is 5.56 Å². The Labute approximate surface area is 140 Å². The summed E-state index contributed by atoms with van der Waals surface area (Å²) in [5.41, 5.74) is 5.49. The van der Waals surface area contributed by atoms with Crippen molar-refractivity contribution in [1.82, 2.24) is 4.98 Å². The average Bonchev–Trinajstić information content (AvgIpc) is 2.82. The van der Waals surface area contributed by atoms with Crippen LogP contribution in [0.3, 0.4) is 0 Å². The minimum atomic E-state index is -1.34. The van der Waals surface area contributed by atoms with Crippen LogP contribution < -0.4 is 11.3 Å². The summed E-state index contributed by atoms with van der Waals surface area (Å²) in [5.74, 6) is -1.61. The third-order valence-electron chi connectivity index (χ3n) is 3.22. The number of aromatic carboxylic acids is 1. The first-order valence-electron chi connectivity index (χ1n) is 6.27. The number of fused-ring (bicyclic) bond motifs is 1. The van der Waals surface area contributed by atoms with E-state index < -0.39 is 17.1 Å². The van der Waals surface area contributed by atoms with E-state index in [1.54, 1.807) is 30.3 Å². The van der Waals surface area contributed by atoms with Crippen molar-refractivity contribution in [2.75, 3.05) is 5.73 Å². The van der Waals surface area contributed by atoms with Crippen molar-refractivity contribution in [3.63, 3.8) is 0 Å². The summed E-state index contributed by atoms with van der Waals surface area (Å²) < 4.78 is 0. The summed E-state index contributed by atoms with van der Waals surface area (Å²) in [6.07, 6.45) is 0. The second-order valence-corrected chi connectivity index (χ2v) is 5.62. The number of benzene rings is 1. The van der Waals surface area contributed by atoms with Crippen LogP contribution in [0.2, 0.25) is 0 Å². The van der Waals surface area contributed by atoms with E-state index in [1.165, 1.54) is 6.07 Å². The summed E-state index contributed by atoms with van der Waals surface area (Å²) in [6, 6.07) is 9.79. The molecule has 118 valence electrons. The van der Waals surface area contributed by atoms with Gasteiger partial charge < -0.3 is 15.8 Å². The van der Waals surface area contributed by atoms with Crippen molar-refractivity contribution in [3.05, 3.63) is 62.8 Å². The molecule has 0 unspecified atom stereocenters. The molecule has 8 heteroatoms. The van der Waals surface area contributed by atoms with Crippen molar-refractivity contribution in [2.45, 2.75) is 0 Å². The Morgan fingerprint density at radius 2 is 1.83 bits per heavy atom. The number of anilines is 1. The molecule has 3 rings (SSSR count). The molecule has 2 heterocycles. The van der Waals surface area contributed by atoms with Gasteiger partial charge >= 0.3 is 5.97 Å². The molecule has 4 N–H and O–H groups in total. The van der Waals surface area contributed by atoms with E-state index in [2.05, 4.69) is 4.98 Å². The van der Waals surface area contributed by atoms with E-state index in [0.717, 1.165) is 11.3 Å². The lowest BCUT2D eigenvalue weighted by Crippen LogP contribution is -2.16. The number of carbonyl (C=O) groups is 2. The van der Waals surface area contributed by atoms with E-state index in [9.17, 15) is 14.4 Å². The predicted octanol–water partition coefficient (Wildman–Crippen LogP) is 2.52. The van der Waals surface area contributed by atoms with E-state index in [1.807, 2.05) is 0 Å². The second-order valence-electron chi connectivity index (χ2n) is 4.60. The number of halogens is 1. The molecule has 0 aliphatic heterocycles. The number of nitrogens with one attached hydrogen (secondary N) is 1. The van der Waals surface area contributed by atoms with Gasteiger partial charge in [0.05, 0.1) is 5.69 Å². The molecule has 0 spiro atoms. The molecular weight excluding hydrogens is 340 g/mol. The fraction of sp³-hybridized carbons (Fsp3) is 0. The van der Waals surface area contributed by atoms with Gasteiger partial charge in [0.15, 0.2) is 0 Å². The third kappa shape index (κ3) is 2.84. The standard InChI is InChI=1S/C15H10N2O4S.ClH/c16-10-8-6-9(15(20)21)13(19)17-14(8)22-12(10)11(18)7-4-2-1-3-5-7;/h1-6H,16H2,(H,17,19)(H,20,21);1H. The van der Waals surface area contributed by atoms with Gasteiger partial charge in [-0.05, 0) is 6.07 Å². The highest BCUT2D eigenvalue weighted by Gasteiger charge is 2.20. The average molecular weight is 351 g/mol. The Bertz CT molecular complexity index is 963. The molecule has 0 amide bonds. The molecule has 0 aliphatic rings. The Hall–Kier alpha value is -2.64. The molecule has 2 aromatic heterocycles. The number of nitrogen functional groups attached to an aromatic ring is 1. The van der Waals surface area contributed by atoms with Crippen LogP contribution in [-0.2, 0) is 0 Å². The fourth-order valence-electron chi connectivity index (χ4n) is 2.12. The van der Waals surface area contributed by atoms with Gasteiger partial charge in [0, 0.05) is 10.9 Å². The highest BCUT2D eigenvalue weighted by molar-refractivity contribution is 7.21. The smallest absolute Gasteiger partial charge is 0.341 e. The molecule has 0 fully saturated rings. The molecule has 3 aromatic rings. The Morgan fingerprint density at radius 1 is 1.17 bits per heavy atom. The van der Waals surface area contributed by atoms with Crippen LogP contribution in [-0.4, -0.2) is 21.8 Å². The van der Waals surface area contributed by atoms with Gasteiger partial charge in [-0.15, -0.1) is 23.7 Å². The van der Waals surface area contributed by atoms with Crippen molar-refractivity contribution in [3.8, 4) is 0 Å². The summed E-state index contributed by atoms with van der Waals surface area (Å²) in [5, 5.41) is 9.35. The van der Waals surface area contributed by atoms with E-state index in [4.69, 9.17) is 10.8 Å². The number of nitrogens with two attached hydrogens (primary N) is 1. The fourth-order valence-corrected chi connectivity index (χ4v) is 3.18. The number of rotatable bonds is 3. The highest BCUT2D eigenvalue weighted by Crippen LogP contribution is 2.33. The monoisotopic (exact) mass is 350 g/mol. The molecule has 23 heavy (non-hydrogen) atoms. The number of pyridine rings is 1. The van der Waals surface area contributed by atoms with E-state index >= 15 is 0 Å². The molecular formula is C15H11ClN2O4S. The lowest BCUT2D eigenvalue weighted by molar-refractivity contribution is 0.0695. The van der Waals surface area contributed by atoms with Crippen molar-refractivity contribution < 1.29 is 14.7 Å². The maximum Gasteiger partial charge on any atom is 0.341 e. The SMILES string of the molecule is Cl.Nc1c(C(=O)c2ccccc2)sc2[nH]c(=O)c(C(=O)O)cc12. The first kappa shape index (κ1) is 16.7. The zero-order chi connectivity index (χ0) is 15.9. The maximum absolute atomic E-state index is 12.5. The van der Waals surface area contributed by atoms with Crippen LogP contribution in [0.1, 0.15) is 25.6 Å². The van der Waals surface area contributed by atoms with Crippen LogP contribution in [0, 0.1) is 0 Å². The maximum atomic E-state index is 12.5. The number of hydrogen-bond acceptors (Lipinski definition) is 5. The molecule has 1 aromatic carbocycles. The zero-order valence-corrected chi connectivity index (χ0v) is 13.2. The molecule has 0 bridgehead atoms. The number of carboxylic acid groups (broad SMARTS) is 1. The summed E-state index contributed by atoms with van der Waals surface area (Å²) >= 11 is 1.04. The quantitative estimate of drug-likeness (QED) is 0.628. The highest BCUT2D eigenvalue weighted by atomic mass is 35.5. The van der Waals surface area contributed by atoms with Crippen LogP contribution >= 0.6 is 23.7 Å². The minimum Gasteiger partial charge on any atom is -0.477 e. The molecule has 0 aliphatic carbocycles. The Morgan fingerprint density at radius 3 is 2.43 bits per heavy atom. The number of hydrogen-bond donors (Lipinski definition) is 3. The van der Waals surface area contributed by atoms with Crippen molar-refractivity contribution in [1.29, 1.82) is 0 Å². The summed E-state index contributed by atoms with van der Waals surface area (Å²) in [4.78, 5) is 38.3. The number of thiophene rings is 1. The van der Waals surface area contributed by atoms with Gasteiger partial charge in [-0.2, -0.15) is 0 Å². The Balaban J connectivity index is 0.00000192. The summed E-state index contributed by atoms with van der Waals surface area (Å²) in [6.45, 7) is 0. The van der Waals surface area contributed by atoms with Crippen LogP contribution in [0.4, 0.5) is 5.69 Å². The number of ketones is 1. The van der Waals surface area contributed by atoms with Crippen molar-refractivity contribution in [2.24, 2.45) is 0 Å². The predicted molar refractivity (Wildman–Crippen MR) is 90.9 cm³/mol.